The average molecular weight is 214 g/mol. The Kier molecular flexibility index (Phi) is 3.97. The quantitative estimate of drug-likeness (QED) is 0.699. The van der Waals surface area contributed by atoms with Crippen LogP contribution < -0.4 is 0 Å². The lowest BCUT2D eigenvalue weighted by atomic mass is 10.0. The summed E-state index contributed by atoms with van der Waals surface area (Å²) < 4.78 is 5.40. The smallest absolute Gasteiger partial charge is 0.320 e. The van der Waals surface area contributed by atoms with Gasteiger partial charge in [-0.2, -0.15) is 0 Å². The highest BCUT2D eigenvalue weighted by Gasteiger charge is 2.35. The van der Waals surface area contributed by atoms with Crippen LogP contribution >= 0.6 is 0 Å². The number of hydrogen-bond acceptors (Lipinski definition) is 2. The zero-order valence-corrected chi connectivity index (χ0v) is 10.2. The van der Waals surface area contributed by atoms with Crippen molar-refractivity contribution in [3.63, 3.8) is 0 Å². The summed E-state index contributed by atoms with van der Waals surface area (Å²) in [7, 11) is 0. The number of hydrogen-bond donors (Lipinski definition) is 0. The van der Waals surface area contributed by atoms with Crippen molar-refractivity contribution in [1.29, 1.82) is 0 Å². The molecule has 0 aromatic carbocycles. The number of amides is 2. The van der Waals surface area contributed by atoms with E-state index in [1.807, 2.05) is 37.5 Å². The van der Waals surface area contributed by atoms with Crippen LogP contribution in [0, 0.1) is 0 Å². The first-order chi connectivity index (χ1) is 7.03. The van der Waals surface area contributed by atoms with Gasteiger partial charge in [0.2, 0.25) is 0 Å². The van der Waals surface area contributed by atoms with Crippen molar-refractivity contribution in [2.45, 2.75) is 33.2 Å². The van der Waals surface area contributed by atoms with Crippen molar-refractivity contribution in [2.75, 3.05) is 32.8 Å². The third kappa shape index (κ3) is 2.62. The van der Waals surface area contributed by atoms with E-state index >= 15 is 0 Å². The number of carbonyl (C=O) groups excluding carboxylic acids is 1. The zero-order chi connectivity index (χ0) is 11.5. The second kappa shape index (κ2) is 4.84. The second-order valence-electron chi connectivity index (χ2n) is 4.47. The van der Waals surface area contributed by atoms with Crippen LogP contribution in [0.2, 0.25) is 0 Å². The first kappa shape index (κ1) is 12.3. The van der Waals surface area contributed by atoms with Crippen LogP contribution in [0.1, 0.15) is 27.7 Å². The highest BCUT2D eigenvalue weighted by molar-refractivity contribution is 5.75. The molecule has 0 aliphatic carbocycles. The topological polar surface area (TPSA) is 32.8 Å². The van der Waals surface area contributed by atoms with Gasteiger partial charge in [0.15, 0.2) is 0 Å². The summed E-state index contributed by atoms with van der Waals surface area (Å²) in [6, 6.07) is 0.133. The highest BCUT2D eigenvalue weighted by atomic mass is 16.5. The van der Waals surface area contributed by atoms with Crippen molar-refractivity contribution in [2.24, 2.45) is 0 Å². The second-order valence-corrected chi connectivity index (χ2v) is 4.47. The number of urea groups is 1. The minimum atomic E-state index is -0.183. The summed E-state index contributed by atoms with van der Waals surface area (Å²) in [5, 5.41) is 0. The number of carbonyl (C=O) groups is 1. The molecular weight excluding hydrogens is 192 g/mol. The molecule has 88 valence electrons. The van der Waals surface area contributed by atoms with Gasteiger partial charge in [-0.3, -0.25) is 0 Å². The summed E-state index contributed by atoms with van der Waals surface area (Å²) >= 11 is 0. The lowest BCUT2D eigenvalue weighted by Gasteiger charge is -2.44. The number of nitrogens with zero attached hydrogens (tertiary/aromatic N) is 2. The molecule has 0 N–H and O–H groups in total. The first-order valence-electron chi connectivity index (χ1n) is 5.67. The summed E-state index contributed by atoms with van der Waals surface area (Å²) in [5.74, 6) is 0. The average Bonchev–Trinajstić information content (AvgIpc) is 2.18. The molecule has 1 rings (SSSR count). The molecule has 4 nitrogen and oxygen atoms in total. The Morgan fingerprint density at radius 1 is 1.40 bits per heavy atom. The minimum absolute atomic E-state index is 0.133. The van der Waals surface area contributed by atoms with Gasteiger partial charge in [0.05, 0.1) is 18.8 Å². The van der Waals surface area contributed by atoms with Gasteiger partial charge in [-0.1, -0.05) is 0 Å². The van der Waals surface area contributed by atoms with Gasteiger partial charge in [-0.15, -0.1) is 0 Å². The van der Waals surface area contributed by atoms with Gasteiger partial charge < -0.3 is 14.5 Å². The van der Waals surface area contributed by atoms with Crippen LogP contribution in [0.3, 0.4) is 0 Å². The SMILES string of the molecule is CCN(CC)C(=O)N1CCOCC1(C)C. The number of morpholine rings is 1. The molecule has 15 heavy (non-hydrogen) atoms. The predicted octanol–water partition coefficient (Wildman–Crippen LogP) is 1.56. The van der Waals surface area contributed by atoms with E-state index in [9.17, 15) is 4.79 Å². The third-order valence-corrected chi connectivity index (χ3v) is 2.91. The molecule has 1 heterocycles. The molecule has 0 radical (unpaired) electrons. The first-order valence-corrected chi connectivity index (χ1v) is 5.67. The number of rotatable bonds is 2. The zero-order valence-electron chi connectivity index (χ0n) is 10.2. The van der Waals surface area contributed by atoms with Crippen LogP contribution in [0.4, 0.5) is 4.79 Å². The predicted molar refractivity (Wildman–Crippen MR) is 59.9 cm³/mol. The molecule has 0 saturated carbocycles. The standard InChI is InChI=1S/C11H22N2O2/c1-5-12(6-2)10(14)13-7-8-15-9-11(13,3)4/h5-9H2,1-4H3. The molecule has 0 aromatic rings. The van der Waals surface area contributed by atoms with E-state index in [4.69, 9.17) is 4.74 Å². The molecule has 0 aromatic heterocycles. The molecule has 1 aliphatic rings. The molecule has 1 saturated heterocycles. The van der Waals surface area contributed by atoms with Gasteiger partial charge in [-0.25, -0.2) is 4.79 Å². The number of ether oxygens (including phenoxy) is 1. The van der Waals surface area contributed by atoms with Crippen LogP contribution in [0.5, 0.6) is 0 Å². The maximum Gasteiger partial charge on any atom is 0.320 e. The van der Waals surface area contributed by atoms with Crippen molar-refractivity contribution in [1.82, 2.24) is 9.80 Å². The van der Waals surface area contributed by atoms with E-state index in [2.05, 4.69) is 0 Å². The molecular formula is C11H22N2O2. The van der Waals surface area contributed by atoms with Crippen molar-refractivity contribution in [3.05, 3.63) is 0 Å². The minimum Gasteiger partial charge on any atom is -0.377 e. The Hall–Kier alpha value is -0.770. The van der Waals surface area contributed by atoms with E-state index in [1.165, 1.54) is 0 Å². The Bertz CT molecular complexity index is 225. The third-order valence-electron chi connectivity index (χ3n) is 2.91. The van der Waals surface area contributed by atoms with Crippen LogP contribution in [0.15, 0.2) is 0 Å². The Balaban J connectivity index is 2.72. The highest BCUT2D eigenvalue weighted by Crippen LogP contribution is 2.20. The summed E-state index contributed by atoms with van der Waals surface area (Å²) in [6.45, 7) is 11.6. The van der Waals surface area contributed by atoms with E-state index in [0.29, 0.717) is 19.8 Å². The van der Waals surface area contributed by atoms with Gasteiger partial charge in [-0.05, 0) is 27.7 Å². The van der Waals surface area contributed by atoms with E-state index < -0.39 is 0 Å². The fraction of sp³-hybridized carbons (Fsp3) is 0.909. The summed E-state index contributed by atoms with van der Waals surface area (Å²) in [6.07, 6.45) is 0. The molecule has 4 heteroatoms. The van der Waals surface area contributed by atoms with Gasteiger partial charge in [0, 0.05) is 19.6 Å². The molecule has 0 atom stereocenters. The maximum atomic E-state index is 12.2. The van der Waals surface area contributed by atoms with Gasteiger partial charge in [0.1, 0.15) is 0 Å². The van der Waals surface area contributed by atoms with Crippen molar-refractivity contribution >= 4 is 6.03 Å². The summed E-state index contributed by atoms with van der Waals surface area (Å²) in [4.78, 5) is 15.9. The van der Waals surface area contributed by atoms with Gasteiger partial charge >= 0.3 is 6.03 Å². The molecule has 1 fully saturated rings. The van der Waals surface area contributed by atoms with E-state index in [1.54, 1.807) is 0 Å². The lowest BCUT2D eigenvalue weighted by Crippen LogP contribution is -2.59. The lowest BCUT2D eigenvalue weighted by molar-refractivity contribution is -0.0346. The molecule has 1 aliphatic heterocycles. The summed E-state index contributed by atoms with van der Waals surface area (Å²) in [5.41, 5.74) is -0.183. The van der Waals surface area contributed by atoms with Gasteiger partial charge in [0.25, 0.3) is 0 Å². The normalized spacial score (nSPS) is 20.1. The largest absolute Gasteiger partial charge is 0.377 e. The van der Waals surface area contributed by atoms with E-state index in [0.717, 1.165) is 13.1 Å². The monoisotopic (exact) mass is 214 g/mol. The molecule has 0 bridgehead atoms. The molecule has 0 unspecified atom stereocenters. The van der Waals surface area contributed by atoms with Crippen molar-refractivity contribution < 1.29 is 9.53 Å². The van der Waals surface area contributed by atoms with Crippen LogP contribution in [-0.4, -0.2) is 54.2 Å². The van der Waals surface area contributed by atoms with Crippen molar-refractivity contribution in [3.8, 4) is 0 Å². The van der Waals surface area contributed by atoms with E-state index in [-0.39, 0.29) is 11.6 Å². The maximum absolute atomic E-state index is 12.2. The Morgan fingerprint density at radius 2 is 2.00 bits per heavy atom. The van der Waals surface area contributed by atoms with Crippen LogP contribution in [-0.2, 0) is 4.74 Å². The fourth-order valence-electron chi connectivity index (χ4n) is 1.88. The Morgan fingerprint density at radius 3 is 2.47 bits per heavy atom. The fourth-order valence-corrected chi connectivity index (χ4v) is 1.88. The molecule has 0 spiro atoms. The Labute approximate surface area is 92.2 Å². The van der Waals surface area contributed by atoms with Crippen LogP contribution in [0.25, 0.3) is 0 Å². The molecule has 2 amide bonds.